The Labute approximate surface area is 87.5 Å². The number of hydrogen-bond donors (Lipinski definition) is 0. The largest absolute Gasteiger partial charge is 0.469 e. The van der Waals surface area contributed by atoms with Crippen molar-refractivity contribution in [2.75, 3.05) is 7.11 Å². The highest BCUT2D eigenvalue weighted by Gasteiger charge is 2.01. The van der Waals surface area contributed by atoms with E-state index in [0.717, 1.165) is 0 Å². The molecule has 0 aliphatic carbocycles. The van der Waals surface area contributed by atoms with Crippen molar-refractivity contribution in [2.45, 2.75) is 27.2 Å². The van der Waals surface area contributed by atoms with Gasteiger partial charge in [-0.1, -0.05) is 0 Å². The van der Waals surface area contributed by atoms with E-state index in [2.05, 4.69) is 9.47 Å². The summed E-state index contributed by atoms with van der Waals surface area (Å²) in [7, 11) is 1.26. The Morgan fingerprint density at radius 3 is 1.40 bits per heavy atom. The molecule has 0 saturated carbocycles. The minimum absolute atomic E-state index is 0.115. The average molecular weight is 218 g/mol. The molecule has 6 nitrogen and oxygen atoms in total. The highest BCUT2D eigenvalue weighted by Crippen LogP contribution is 1.83. The van der Waals surface area contributed by atoms with Gasteiger partial charge in [-0.25, -0.2) is 0 Å². The van der Waals surface area contributed by atoms with Crippen molar-refractivity contribution < 1.29 is 28.7 Å². The van der Waals surface area contributed by atoms with Gasteiger partial charge in [0.2, 0.25) is 0 Å². The van der Waals surface area contributed by atoms with Crippen LogP contribution >= 0.6 is 0 Å². The topological polar surface area (TPSA) is 86.7 Å². The van der Waals surface area contributed by atoms with Gasteiger partial charge in [0.25, 0.3) is 0 Å². The first-order valence-corrected chi connectivity index (χ1v) is 4.04. The zero-order valence-electron chi connectivity index (χ0n) is 9.16. The first kappa shape index (κ1) is 15.7. The SMILES string of the molecule is CC(=O)OC(C)=O.COC(=O)CC(C)=O. The smallest absolute Gasteiger partial charge is 0.313 e. The van der Waals surface area contributed by atoms with Crippen molar-refractivity contribution in [1.29, 1.82) is 0 Å². The molecule has 0 aromatic heterocycles. The number of ketones is 1. The lowest BCUT2D eigenvalue weighted by molar-refractivity contribution is -0.156. The molecular formula is C9H14O6. The molecule has 0 spiro atoms. The molecule has 0 aromatic carbocycles. The summed E-state index contributed by atoms with van der Waals surface area (Å²) in [4.78, 5) is 39.9. The van der Waals surface area contributed by atoms with E-state index in [0.29, 0.717) is 0 Å². The maximum absolute atomic E-state index is 10.2. The molecule has 6 heteroatoms. The van der Waals surface area contributed by atoms with E-state index < -0.39 is 17.9 Å². The van der Waals surface area contributed by atoms with Crippen LogP contribution in [0.5, 0.6) is 0 Å². The maximum Gasteiger partial charge on any atom is 0.313 e. The van der Waals surface area contributed by atoms with Crippen LogP contribution in [0.2, 0.25) is 0 Å². The Bertz CT molecular complexity index is 243. The number of carbonyl (C=O) groups excluding carboxylic acids is 4. The second kappa shape index (κ2) is 8.86. The minimum atomic E-state index is -0.562. The van der Waals surface area contributed by atoms with Gasteiger partial charge < -0.3 is 9.47 Å². The van der Waals surface area contributed by atoms with Crippen molar-refractivity contribution in [2.24, 2.45) is 0 Å². The summed E-state index contributed by atoms with van der Waals surface area (Å²) in [6.45, 7) is 3.71. The van der Waals surface area contributed by atoms with Crippen LogP contribution in [0.25, 0.3) is 0 Å². The van der Waals surface area contributed by atoms with Gasteiger partial charge in [0.05, 0.1) is 7.11 Å². The Balaban J connectivity index is 0. The zero-order chi connectivity index (χ0) is 12.4. The monoisotopic (exact) mass is 218 g/mol. The third-order valence-electron chi connectivity index (χ3n) is 0.908. The van der Waals surface area contributed by atoms with Gasteiger partial charge in [0.1, 0.15) is 12.2 Å². The number of methoxy groups -OCH3 is 1. The molecule has 0 fully saturated rings. The molecule has 0 atom stereocenters. The van der Waals surface area contributed by atoms with Crippen LogP contribution in [0.15, 0.2) is 0 Å². The number of hydrogen-bond acceptors (Lipinski definition) is 6. The van der Waals surface area contributed by atoms with Crippen LogP contribution in [-0.4, -0.2) is 30.8 Å². The Hall–Kier alpha value is -1.72. The quantitative estimate of drug-likeness (QED) is 0.487. The summed E-state index contributed by atoms with van der Waals surface area (Å²) in [5, 5.41) is 0. The van der Waals surface area contributed by atoms with Gasteiger partial charge in [-0.15, -0.1) is 0 Å². The lowest BCUT2D eigenvalue weighted by Gasteiger charge is -1.90. The van der Waals surface area contributed by atoms with E-state index in [9.17, 15) is 19.2 Å². The van der Waals surface area contributed by atoms with Crippen LogP contribution in [-0.2, 0) is 28.7 Å². The Morgan fingerprint density at radius 1 is 0.933 bits per heavy atom. The third-order valence-corrected chi connectivity index (χ3v) is 0.908. The second-order valence-corrected chi connectivity index (χ2v) is 2.54. The Morgan fingerprint density at radius 2 is 1.33 bits per heavy atom. The van der Waals surface area contributed by atoms with E-state index >= 15 is 0 Å². The summed E-state index contributed by atoms with van der Waals surface area (Å²) in [6.07, 6.45) is -0.115. The van der Waals surface area contributed by atoms with E-state index in [1.165, 1.54) is 27.9 Å². The lowest BCUT2D eigenvalue weighted by Crippen LogP contribution is -2.05. The molecule has 15 heavy (non-hydrogen) atoms. The maximum atomic E-state index is 10.2. The summed E-state index contributed by atoms with van der Waals surface area (Å²) in [6, 6.07) is 0. The van der Waals surface area contributed by atoms with Crippen LogP contribution in [0.3, 0.4) is 0 Å². The zero-order valence-corrected chi connectivity index (χ0v) is 9.16. The van der Waals surface area contributed by atoms with Crippen LogP contribution < -0.4 is 0 Å². The van der Waals surface area contributed by atoms with Crippen molar-refractivity contribution >= 4 is 23.7 Å². The van der Waals surface area contributed by atoms with Crippen molar-refractivity contribution in [1.82, 2.24) is 0 Å². The molecule has 0 aliphatic heterocycles. The molecule has 0 radical (unpaired) electrons. The predicted octanol–water partition coefficient (Wildman–Crippen LogP) is 0.235. The molecule has 0 aliphatic rings. The number of rotatable bonds is 2. The predicted molar refractivity (Wildman–Crippen MR) is 49.8 cm³/mol. The van der Waals surface area contributed by atoms with Crippen LogP contribution in [0.1, 0.15) is 27.2 Å². The molecule has 0 N–H and O–H groups in total. The van der Waals surface area contributed by atoms with E-state index in [1.807, 2.05) is 0 Å². The number of esters is 3. The Kier molecular flexibility index (Phi) is 9.30. The van der Waals surface area contributed by atoms with Gasteiger partial charge in [-0.2, -0.15) is 0 Å². The fourth-order valence-electron chi connectivity index (χ4n) is 0.478. The van der Waals surface area contributed by atoms with E-state index in [4.69, 9.17) is 0 Å². The normalized spacial score (nSPS) is 8.00. The molecule has 0 saturated heterocycles. The molecule has 0 aromatic rings. The van der Waals surface area contributed by atoms with Crippen molar-refractivity contribution in [3.63, 3.8) is 0 Å². The first-order chi connectivity index (χ1) is 6.79. The van der Waals surface area contributed by atoms with Gasteiger partial charge in [0.15, 0.2) is 0 Å². The van der Waals surface area contributed by atoms with Gasteiger partial charge in [-0.05, 0) is 6.92 Å². The summed E-state index contributed by atoms with van der Waals surface area (Å²) in [5.41, 5.74) is 0. The molecule has 0 heterocycles. The molecular weight excluding hydrogens is 204 g/mol. The van der Waals surface area contributed by atoms with Crippen molar-refractivity contribution in [3.05, 3.63) is 0 Å². The summed E-state index contributed by atoms with van der Waals surface area (Å²) in [5.74, 6) is -1.77. The van der Waals surface area contributed by atoms with E-state index in [1.54, 1.807) is 0 Å². The first-order valence-electron chi connectivity index (χ1n) is 4.04. The van der Waals surface area contributed by atoms with Gasteiger partial charge in [-0.3, -0.25) is 19.2 Å². The molecule has 0 rings (SSSR count). The summed E-state index contributed by atoms with van der Waals surface area (Å²) >= 11 is 0. The number of carbonyl (C=O) groups is 4. The standard InChI is InChI=1S/C5H8O3.C4H6O3/c1-4(6)3-5(7)8-2;1-3(5)7-4(2)6/h3H2,1-2H3;1-2H3. The molecule has 0 unspecified atom stereocenters. The third kappa shape index (κ3) is 18.9. The highest BCUT2D eigenvalue weighted by molar-refractivity contribution is 5.93. The number of Topliss-reactive ketones (excluding diaryl/α,β-unsaturated/α-hetero) is 1. The van der Waals surface area contributed by atoms with Crippen LogP contribution in [0.4, 0.5) is 0 Å². The van der Waals surface area contributed by atoms with Gasteiger partial charge >= 0.3 is 17.9 Å². The lowest BCUT2D eigenvalue weighted by atomic mass is 10.3. The minimum Gasteiger partial charge on any atom is -0.469 e. The van der Waals surface area contributed by atoms with Crippen LogP contribution in [0, 0.1) is 0 Å². The molecule has 0 amide bonds. The average Bonchev–Trinajstić information content (AvgIpc) is 2.01. The summed E-state index contributed by atoms with van der Waals surface area (Å²) < 4.78 is 8.17. The fraction of sp³-hybridized carbons (Fsp3) is 0.556. The number of ether oxygens (including phenoxy) is 2. The molecule has 0 bridgehead atoms. The van der Waals surface area contributed by atoms with E-state index in [-0.39, 0.29) is 12.2 Å². The van der Waals surface area contributed by atoms with Crippen molar-refractivity contribution in [3.8, 4) is 0 Å². The molecule has 86 valence electrons. The highest BCUT2D eigenvalue weighted by atomic mass is 16.6. The second-order valence-electron chi connectivity index (χ2n) is 2.54. The fourth-order valence-corrected chi connectivity index (χ4v) is 0.478. The van der Waals surface area contributed by atoms with Gasteiger partial charge in [0, 0.05) is 13.8 Å².